The van der Waals surface area contributed by atoms with E-state index in [2.05, 4.69) is 34.1 Å². The van der Waals surface area contributed by atoms with Crippen molar-refractivity contribution < 1.29 is 5.11 Å². The van der Waals surface area contributed by atoms with Gasteiger partial charge in [0.1, 0.15) is 10.7 Å². The van der Waals surface area contributed by atoms with Crippen molar-refractivity contribution in [2.24, 2.45) is 5.84 Å². The van der Waals surface area contributed by atoms with Gasteiger partial charge in [-0.25, -0.2) is 15.8 Å². The lowest BCUT2D eigenvalue weighted by Crippen LogP contribution is -2.29. The zero-order valence-electron chi connectivity index (χ0n) is 12.4. The van der Waals surface area contributed by atoms with E-state index in [1.165, 1.54) is 23.3 Å². The van der Waals surface area contributed by atoms with Gasteiger partial charge in [0.05, 0.1) is 18.5 Å². The van der Waals surface area contributed by atoms with E-state index in [0.29, 0.717) is 24.9 Å². The number of thiophene rings is 1. The number of aryl methyl sites for hydroxylation is 2. The Morgan fingerprint density at radius 3 is 2.76 bits per heavy atom. The molecule has 0 unspecified atom stereocenters. The number of rotatable bonds is 6. The number of nitrogens with two attached hydrogens (primary N) is 1. The van der Waals surface area contributed by atoms with Gasteiger partial charge in [-0.2, -0.15) is 0 Å². The molecule has 4 N–H and O–H groups in total. The van der Waals surface area contributed by atoms with Gasteiger partial charge in [-0.05, 0) is 32.3 Å². The summed E-state index contributed by atoms with van der Waals surface area (Å²) in [5, 5.41) is 10.2. The summed E-state index contributed by atoms with van der Waals surface area (Å²) in [4.78, 5) is 13.7. The molecule has 0 saturated heterocycles. The normalized spacial score (nSPS) is 15.1. The van der Waals surface area contributed by atoms with E-state index in [1.54, 1.807) is 11.3 Å². The van der Waals surface area contributed by atoms with Crippen LogP contribution in [0.25, 0.3) is 10.2 Å². The fourth-order valence-corrected chi connectivity index (χ4v) is 3.66. The van der Waals surface area contributed by atoms with Crippen LogP contribution in [0.15, 0.2) is 0 Å². The van der Waals surface area contributed by atoms with Crippen molar-refractivity contribution in [1.82, 2.24) is 14.9 Å². The van der Waals surface area contributed by atoms with Crippen LogP contribution in [0, 0.1) is 13.8 Å². The van der Waals surface area contributed by atoms with Crippen LogP contribution in [0.1, 0.15) is 29.1 Å². The molecule has 114 valence electrons. The van der Waals surface area contributed by atoms with Crippen LogP contribution in [0.3, 0.4) is 0 Å². The number of fused-ring (bicyclic) bond motifs is 1. The molecular formula is C14H21N5OS. The highest BCUT2D eigenvalue weighted by atomic mass is 32.1. The highest BCUT2D eigenvalue weighted by molar-refractivity contribution is 7.18. The summed E-state index contributed by atoms with van der Waals surface area (Å²) in [6.07, 6.45) is 2.39. The first-order valence-electron chi connectivity index (χ1n) is 7.22. The number of aromatic nitrogens is 2. The summed E-state index contributed by atoms with van der Waals surface area (Å²) in [5.41, 5.74) is 3.89. The summed E-state index contributed by atoms with van der Waals surface area (Å²) in [5.74, 6) is 7.09. The third kappa shape index (κ3) is 2.87. The Morgan fingerprint density at radius 1 is 1.38 bits per heavy atom. The molecular weight excluding hydrogens is 286 g/mol. The Balaban J connectivity index is 1.95. The Kier molecular flexibility index (Phi) is 4.08. The van der Waals surface area contributed by atoms with E-state index in [0.717, 1.165) is 16.0 Å². The zero-order chi connectivity index (χ0) is 15.0. The summed E-state index contributed by atoms with van der Waals surface area (Å²) < 4.78 is 0. The Hall–Kier alpha value is -1.28. The van der Waals surface area contributed by atoms with Crippen LogP contribution >= 0.6 is 11.3 Å². The smallest absolute Gasteiger partial charge is 0.152 e. The van der Waals surface area contributed by atoms with E-state index in [4.69, 9.17) is 5.84 Å². The summed E-state index contributed by atoms with van der Waals surface area (Å²) in [6.45, 7) is 5.65. The fraction of sp³-hybridized carbons (Fsp3) is 0.571. The Labute approximate surface area is 128 Å². The Bertz CT molecular complexity index is 652. The van der Waals surface area contributed by atoms with Gasteiger partial charge >= 0.3 is 0 Å². The monoisotopic (exact) mass is 307 g/mol. The zero-order valence-corrected chi connectivity index (χ0v) is 13.2. The molecule has 0 aromatic carbocycles. The molecule has 7 heteroatoms. The SMILES string of the molecule is Cc1sc2nc(CN(CCO)C3CC3)nc(NN)c2c1C. The van der Waals surface area contributed by atoms with Crippen molar-refractivity contribution in [3.8, 4) is 0 Å². The Morgan fingerprint density at radius 2 is 2.14 bits per heavy atom. The third-order valence-corrected chi connectivity index (χ3v) is 5.11. The molecule has 1 aliphatic carbocycles. The molecule has 1 aliphatic rings. The summed E-state index contributed by atoms with van der Waals surface area (Å²) >= 11 is 1.67. The average Bonchev–Trinajstić information content (AvgIpc) is 3.26. The van der Waals surface area contributed by atoms with Crippen molar-refractivity contribution in [1.29, 1.82) is 0 Å². The van der Waals surface area contributed by atoms with E-state index >= 15 is 0 Å². The number of nitrogen functional groups attached to an aromatic ring is 1. The maximum absolute atomic E-state index is 9.19. The van der Waals surface area contributed by atoms with Crippen LogP contribution in [-0.2, 0) is 6.54 Å². The van der Waals surface area contributed by atoms with Crippen LogP contribution < -0.4 is 11.3 Å². The maximum atomic E-state index is 9.19. The van der Waals surface area contributed by atoms with Gasteiger partial charge in [0, 0.05) is 17.5 Å². The van der Waals surface area contributed by atoms with Crippen molar-refractivity contribution in [3.63, 3.8) is 0 Å². The first kappa shape index (κ1) is 14.6. The van der Waals surface area contributed by atoms with Crippen LogP contribution in [-0.4, -0.2) is 39.2 Å². The summed E-state index contributed by atoms with van der Waals surface area (Å²) in [7, 11) is 0. The molecule has 3 rings (SSSR count). The van der Waals surface area contributed by atoms with Gasteiger partial charge in [-0.1, -0.05) is 0 Å². The third-order valence-electron chi connectivity index (χ3n) is 4.01. The standard InChI is InChI=1S/C14H21N5OS/c1-8-9(2)21-14-12(8)13(18-15)16-11(17-14)7-19(5-6-20)10-3-4-10/h10,20H,3-7,15H2,1-2H3,(H,16,17,18). The maximum Gasteiger partial charge on any atom is 0.152 e. The number of nitrogens with one attached hydrogen (secondary N) is 1. The second kappa shape index (κ2) is 5.84. The first-order valence-corrected chi connectivity index (χ1v) is 8.03. The predicted octanol–water partition coefficient (Wildman–Crippen LogP) is 1.55. The molecule has 2 aromatic rings. The van der Waals surface area contributed by atoms with Gasteiger partial charge in [-0.15, -0.1) is 11.3 Å². The number of hydrazine groups is 1. The molecule has 0 bridgehead atoms. The fourth-order valence-electron chi connectivity index (χ4n) is 2.61. The number of aliphatic hydroxyl groups is 1. The lowest BCUT2D eigenvalue weighted by molar-refractivity contribution is 0.180. The number of hydrogen-bond donors (Lipinski definition) is 3. The van der Waals surface area contributed by atoms with Gasteiger partial charge in [-0.3, -0.25) is 4.90 Å². The number of hydrogen-bond acceptors (Lipinski definition) is 7. The van der Waals surface area contributed by atoms with Crippen molar-refractivity contribution in [3.05, 3.63) is 16.3 Å². The molecule has 1 fully saturated rings. The second-order valence-corrected chi connectivity index (χ2v) is 6.72. The van der Waals surface area contributed by atoms with E-state index < -0.39 is 0 Å². The molecule has 0 radical (unpaired) electrons. The van der Waals surface area contributed by atoms with E-state index in [1.807, 2.05) is 0 Å². The largest absolute Gasteiger partial charge is 0.395 e. The molecule has 2 aromatic heterocycles. The van der Waals surface area contributed by atoms with Crippen molar-refractivity contribution in [2.75, 3.05) is 18.6 Å². The van der Waals surface area contributed by atoms with Crippen LogP contribution in [0.4, 0.5) is 5.82 Å². The lowest BCUT2D eigenvalue weighted by Gasteiger charge is -2.20. The minimum absolute atomic E-state index is 0.165. The molecule has 1 saturated carbocycles. The molecule has 0 atom stereocenters. The topological polar surface area (TPSA) is 87.3 Å². The number of aliphatic hydroxyl groups excluding tert-OH is 1. The van der Waals surface area contributed by atoms with E-state index in [9.17, 15) is 5.11 Å². The predicted molar refractivity (Wildman–Crippen MR) is 85.2 cm³/mol. The highest BCUT2D eigenvalue weighted by Crippen LogP contribution is 2.33. The molecule has 0 amide bonds. The number of nitrogens with zero attached hydrogens (tertiary/aromatic N) is 3. The summed E-state index contributed by atoms with van der Waals surface area (Å²) in [6, 6.07) is 0.567. The molecule has 2 heterocycles. The van der Waals surface area contributed by atoms with Gasteiger partial charge in [0.2, 0.25) is 0 Å². The minimum atomic E-state index is 0.165. The van der Waals surface area contributed by atoms with E-state index in [-0.39, 0.29) is 6.61 Å². The minimum Gasteiger partial charge on any atom is -0.395 e. The first-order chi connectivity index (χ1) is 10.1. The number of anilines is 1. The second-order valence-electron chi connectivity index (χ2n) is 5.52. The van der Waals surface area contributed by atoms with Crippen molar-refractivity contribution >= 4 is 27.4 Å². The van der Waals surface area contributed by atoms with Crippen molar-refractivity contribution in [2.45, 2.75) is 39.3 Å². The molecule has 21 heavy (non-hydrogen) atoms. The van der Waals surface area contributed by atoms with Gasteiger partial charge < -0.3 is 10.5 Å². The van der Waals surface area contributed by atoms with Crippen LogP contribution in [0.5, 0.6) is 0 Å². The highest BCUT2D eigenvalue weighted by Gasteiger charge is 2.29. The molecule has 0 spiro atoms. The van der Waals surface area contributed by atoms with Gasteiger partial charge in [0.15, 0.2) is 5.82 Å². The van der Waals surface area contributed by atoms with Crippen LogP contribution in [0.2, 0.25) is 0 Å². The average molecular weight is 307 g/mol. The molecule has 6 nitrogen and oxygen atoms in total. The quantitative estimate of drug-likeness (QED) is 0.554. The van der Waals surface area contributed by atoms with Gasteiger partial charge in [0.25, 0.3) is 0 Å². The molecule has 0 aliphatic heterocycles. The lowest BCUT2D eigenvalue weighted by atomic mass is 10.2.